The number of esters is 2. The lowest BCUT2D eigenvalue weighted by atomic mass is 10.0. The molecule has 0 radical (unpaired) electrons. The molecule has 0 spiro atoms. The molecule has 0 fully saturated rings. The summed E-state index contributed by atoms with van der Waals surface area (Å²) in [6.45, 7) is 0.734. The Morgan fingerprint density at radius 1 is 1.13 bits per heavy atom. The van der Waals surface area contributed by atoms with Gasteiger partial charge in [0, 0.05) is 22.8 Å². The van der Waals surface area contributed by atoms with Crippen LogP contribution in [0.1, 0.15) is 32.8 Å². The minimum atomic E-state index is -0.553. The Hall–Kier alpha value is -2.27. The summed E-state index contributed by atoms with van der Waals surface area (Å²) in [6.07, 6.45) is 1.63. The molecule has 1 aliphatic rings. The number of rotatable bonds is 3. The number of benzene rings is 1. The molecule has 5 nitrogen and oxygen atoms in total. The summed E-state index contributed by atoms with van der Waals surface area (Å²) in [5.74, 6) is -1.08. The number of ether oxygens (including phenoxy) is 2. The number of halogens is 1. The Labute approximate surface area is 138 Å². The molecule has 0 atom stereocenters. The van der Waals surface area contributed by atoms with Gasteiger partial charge >= 0.3 is 11.9 Å². The summed E-state index contributed by atoms with van der Waals surface area (Å²) in [6, 6.07) is 7.21. The van der Waals surface area contributed by atoms with E-state index in [-0.39, 0.29) is 5.56 Å². The molecular weight excluding hydrogens is 318 g/mol. The van der Waals surface area contributed by atoms with Crippen LogP contribution < -0.4 is 0 Å². The van der Waals surface area contributed by atoms with Crippen LogP contribution in [0.3, 0.4) is 0 Å². The van der Waals surface area contributed by atoms with Crippen molar-refractivity contribution < 1.29 is 19.1 Å². The molecule has 0 aliphatic carbocycles. The summed E-state index contributed by atoms with van der Waals surface area (Å²) in [7, 11) is 2.61. The van der Waals surface area contributed by atoms with Gasteiger partial charge < -0.3 is 14.0 Å². The van der Waals surface area contributed by atoms with Crippen molar-refractivity contribution >= 4 is 23.5 Å². The lowest BCUT2D eigenvalue weighted by Crippen LogP contribution is -2.12. The van der Waals surface area contributed by atoms with Gasteiger partial charge in [0.05, 0.1) is 25.5 Å². The Morgan fingerprint density at radius 3 is 2.48 bits per heavy atom. The predicted octanol–water partition coefficient (Wildman–Crippen LogP) is 3.33. The summed E-state index contributed by atoms with van der Waals surface area (Å²) in [4.78, 5) is 24.6. The Kier molecular flexibility index (Phi) is 4.13. The fourth-order valence-corrected chi connectivity index (χ4v) is 3.33. The maximum atomic E-state index is 12.4. The molecule has 0 amide bonds. The van der Waals surface area contributed by atoms with Crippen LogP contribution in [-0.2, 0) is 22.4 Å². The quantitative estimate of drug-likeness (QED) is 0.808. The fraction of sp³-hybridized carbons (Fsp3) is 0.294. The smallest absolute Gasteiger partial charge is 0.340 e. The Balaban J connectivity index is 2.34. The van der Waals surface area contributed by atoms with Crippen LogP contribution in [0, 0.1) is 0 Å². The summed E-state index contributed by atoms with van der Waals surface area (Å²) in [5, 5.41) is 0.562. The van der Waals surface area contributed by atoms with E-state index < -0.39 is 11.9 Å². The minimum Gasteiger partial charge on any atom is -0.465 e. The van der Waals surface area contributed by atoms with Crippen LogP contribution >= 0.6 is 11.6 Å². The highest BCUT2D eigenvalue weighted by Crippen LogP contribution is 2.37. The van der Waals surface area contributed by atoms with Crippen LogP contribution in [0.2, 0.25) is 5.02 Å². The van der Waals surface area contributed by atoms with Crippen molar-refractivity contribution in [1.82, 2.24) is 4.57 Å². The number of methoxy groups -OCH3 is 2. The number of carbonyl (C=O) groups is 2. The molecule has 0 saturated heterocycles. The van der Waals surface area contributed by atoms with Gasteiger partial charge in [-0.05, 0) is 25.0 Å². The van der Waals surface area contributed by atoms with Gasteiger partial charge in [-0.1, -0.05) is 23.7 Å². The molecular formula is C17H16ClNO4. The third-order valence-electron chi connectivity index (χ3n) is 4.04. The average molecular weight is 334 g/mol. The van der Waals surface area contributed by atoms with Crippen molar-refractivity contribution in [3.8, 4) is 11.3 Å². The normalized spacial score (nSPS) is 12.8. The standard InChI is InChI=1S/C17H16ClNO4/c1-22-16(20)13-12-7-4-8-19(12)15(14(13)17(21)23-2)10-5-3-6-11(18)9-10/h3,5-6,9H,4,7-8H2,1-2H3. The number of carbonyl (C=O) groups excluding carboxylic acids is 2. The molecule has 6 heteroatoms. The first-order valence-electron chi connectivity index (χ1n) is 7.26. The highest BCUT2D eigenvalue weighted by Gasteiger charge is 2.34. The highest BCUT2D eigenvalue weighted by molar-refractivity contribution is 6.30. The zero-order chi connectivity index (χ0) is 16.6. The molecule has 2 aromatic rings. The number of aromatic nitrogens is 1. The Bertz CT molecular complexity index is 794. The van der Waals surface area contributed by atoms with E-state index >= 15 is 0 Å². The predicted molar refractivity (Wildman–Crippen MR) is 85.9 cm³/mol. The van der Waals surface area contributed by atoms with Gasteiger partial charge in [-0.15, -0.1) is 0 Å². The van der Waals surface area contributed by atoms with Gasteiger partial charge in [-0.25, -0.2) is 9.59 Å². The largest absolute Gasteiger partial charge is 0.465 e. The molecule has 0 N–H and O–H groups in total. The molecule has 2 heterocycles. The molecule has 23 heavy (non-hydrogen) atoms. The third kappa shape index (κ3) is 2.51. The van der Waals surface area contributed by atoms with E-state index in [2.05, 4.69) is 0 Å². The van der Waals surface area contributed by atoms with Crippen LogP contribution in [0.25, 0.3) is 11.3 Å². The summed E-state index contributed by atoms with van der Waals surface area (Å²) >= 11 is 6.09. The second kappa shape index (κ2) is 6.08. The maximum Gasteiger partial charge on any atom is 0.340 e. The minimum absolute atomic E-state index is 0.247. The number of hydrogen-bond acceptors (Lipinski definition) is 4. The summed E-state index contributed by atoms with van der Waals surface area (Å²) in [5.41, 5.74) is 2.79. The van der Waals surface area contributed by atoms with Crippen LogP contribution in [0.4, 0.5) is 0 Å². The Morgan fingerprint density at radius 2 is 1.83 bits per heavy atom. The van der Waals surface area contributed by atoms with Crippen molar-refractivity contribution in [2.24, 2.45) is 0 Å². The number of fused-ring (bicyclic) bond motifs is 1. The SMILES string of the molecule is COC(=O)c1c(C(=O)OC)c(-c2cccc(Cl)c2)n2c1CCC2. The van der Waals surface area contributed by atoms with Gasteiger partial charge in [0.15, 0.2) is 0 Å². The molecule has 0 bridgehead atoms. The molecule has 1 aromatic heterocycles. The van der Waals surface area contributed by atoms with E-state index in [1.165, 1.54) is 14.2 Å². The van der Waals surface area contributed by atoms with E-state index in [9.17, 15) is 9.59 Å². The summed E-state index contributed by atoms with van der Waals surface area (Å²) < 4.78 is 11.8. The van der Waals surface area contributed by atoms with E-state index in [1.54, 1.807) is 12.1 Å². The first-order valence-corrected chi connectivity index (χ1v) is 7.64. The van der Waals surface area contributed by atoms with Crippen LogP contribution in [0.15, 0.2) is 24.3 Å². The zero-order valence-corrected chi connectivity index (χ0v) is 13.6. The lowest BCUT2D eigenvalue weighted by molar-refractivity contribution is 0.0556. The molecule has 1 aromatic carbocycles. The number of nitrogens with zero attached hydrogens (tertiary/aromatic N) is 1. The van der Waals surface area contributed by atoms with Crippen molar-refractivity contribution in [2.45, 2.75) is 19.4 Å². The van der Waals surface area contributed by atoms with Gasteiger partial charge in [-0.3, -0.25) is 0 Å². The van der Waals surface area contributed by atoms with E-state index in [0.717, 1.165) is 30.6 Å². The average Bonchev–Trinajstić information content (AvgIpc) is 3.13. The van der Waals surface area contributed by atoms with Gasteiger partial charge in [0.1, 0.15) is 5.56 Å². The third-order valence-corrected chi connectivity index (χ3v) is 4.28. The van der Waals surface area contributed by atoms with Crippen molar-refractivity contribution in [1.29, 1.82) is 0 Å². The zero-order valence-electron chi connectivity index (χ0n) is 12.9. The fourth-order valence-electron chi connectivity index (χ4n) is 3.14. The van der Waals surface area contributed by atoms with Crippen LogP contribution in [0.5, 0.6) is 0 Å². The molecule has 1 aliphatic heterocycles. The molecule has 120 valence electrons. The molecule has 0 saturated carbocycles. The number of hydrogen-bond donors (Lipinski definition) is 0. The highest BCUT2D eigenvalue weighted by atomic mass is 35.5. The van der Waals surface area contributed by atoms with E-state index in [1.807, 2.05) is 16.7 Å². The van der Waals surface area contributed by atoms with Crippen molar-refractivity contribution in [3.63, 3.8) is 0 Å². The van der Waals surface area contributed by atoms with E-state index in [0.29, 0.717) is 16.3 Å². The lowest BCUT2D eigenvalue weighted by Gasteiger charge is -2.09. The van der Waals surface area contributed by atoms with Gasteiger partial charge in [-0.2, -0.15) is 0 Å². The second-order valence-electron chi connectivity index (χ2n) is 5.29. The van der Waals surface area contributed by atoms with E-state index in [4.69, 9.17) is 21.1 Å². The maximum absolute atomic E-state index is 12.4. The second-order valence-corrected chi connectivity index (χ2v) is 5.73. The van der Waals surface area contributed by atoms with Crippen LogP contribution in [-0.4, -0.2) is 30.7 Å². The molecule has 3 rings (SSSR count). The van der Waals surface area contributed by atoms with Crippen molar-refractivity contribution in [3.05, 3.63) is 46.1 Å². The van der Waals surface area contributed by atoms with Gasteiger partial charge in [0.25, 0.3) is 0 Å². The van der Waals surface area contributed by atoms with Gasteiger partial charge in [0.2, 0.25) is 0 Å². The molecule has 0 unspecified atom stereocenters. The van der Waals surface area contributed by atoms with Crippen molar-refractivity contribution in [2.75, 3.05) is 14.2 Å². The monoisotopic (exact) mass is 333 g/mol. The first kappa shape index (κ1) is 15.6. The first-order chi connectivity index (χ1) is 11.1. The topological polar surface area (TPSA) is 57.5 Å².